The smallest absolute Gasteiger partial charge is 0.314 e. The Morgan fingerprint density at radius 1 is 1.53 bits per heavy atom. The van der Waals surface area contributed by atoms with Crippen molar-refractivity contribution in [2.24, 2.45) is 0 Å². The minimum Gasteiger partial charge on any atom is -0.481 e. The molecule has 0 bridgehead atoms. The Labute approximate surface area is 91.7 Å². The minimum absolute atomic E-state index is 0.0464. The first-order chi connectivity index (χ1) is 6.99. The Balaban J connectivity index is 2.62. The first-order valence-electron chi connectivity index (χ1n) is 4.67. The van der Waals surface area contributed by atoms with Crippen molar-refractivity contribution >= 4 is 17.6 Å². The van der Waals surface area contributed by atoms with E-state index in [0.717, 1.165) is 5.56 Å². The van der Waals surface area contributed by atoms with E-state index in [1.54, 1.807) is 13.0 Å². The first kappa shape index (κ1) is 10.4. The van der Waals surface area contributed by atoms with Gasteiger partial charge in [0.1, 0.15) is 5.82 Å². The minimum atomic E-state index is -0.941. The molecule has 0 amide bonds. The molecule has 0 unspecified atom stereocenters. The van der Waals surface area contributed by atoms with E-state index in [9.17, 15) is 9.18 Å². The normalized spacial score (nSPS) is 17.5. The Morgan fingerprint density at radius 2 is 2.13 bits per heavy atom. The number of aliphatic carboxylic acids is 1. The van der Waals surface area contributed by atoms with Crippen LogP contribution in [0, 0.1) is 12.7 Å². The number of aryl methyl sites for hydroxylation is 1. The molecule has 0 aromatic heterocycles. The molecule has 1 aromatic rings. The predicted octanol–water partition coefficient (Wildman–Crippen LogP) is 2.90. The molecule has 1 aliphatic rings. The standard InChI is InChI=1S/C11H10ClFO2/c1-6-2-3-7(13)9(12)8(6)11(4-5-11)10(14)15/h2-3H,4-5H2,1H3,(H,14,15). The molecule has 2 rings (SSSR count). The van der Waals surface area contributed by atoms with Gasteiger partial charge in [-0.3, -0.25) is 4.79 Å². The summed E-state index contributed by atoms with van der Waals surface area (Å²) < 4.78 is 13.3. The summed E-state index contributed by atoms with van der Waals surface area (Å²) in [5.74, 6) is -1.47. The summed E-state index contributed by atoms with van der Waals surface area (Å²) in [4.78, 5) is 11.1. The molecular formula is C11H10ClFO2. The number of carbonyl (C=O) groups is 1. The lowest BCUT2D eigenvalue weighted by atomic mass is 9.92. The van der Waals surface area contributed by atoms with Crippen LogP contribution in [0.3, 0.4) is 0 Å². The highest BCUT2D eigenvalue weighted by atomic mass is 35.5. The molecule has 1 saturated carbocycles. The molecule has 0 atom stereocenters. The molecular weight excluding hydrogens is 219 g/mol. The van der Waals surface area contributed by atoms with Crippen LogP contribution in [0.2, 0.25) is 5.02 Å². The van der Waals surface area contributed by atoms with E-state index in [1.807, 2.05) is 0 Å². The van der Waals surface area contributed by atoms with E-state index < -0.39 is 17.2 Å². The maximum absolute atomic E-state index is 13.3. The fourth-order valence-corrected chi connectivity index (χ4v) is 2.32. The lowest BCUT2D eigenvalue weighted by molar-refractivity contribution is -0.140. The van der Waals surface area contributed by atoms with Gasteiger partial charge in [-0.15, -0.1) is 0 Å². The Kier molecular flexibility index (Phi) is 2.23. The van der Waals surface area contributed by atoms with Gasteiger partial charge in [-0.05, 0) is 37.0 Å². The predicted molar refractivity (Wildman–Crippen MR) is 54.7 cm³/mol. The van der Waals surface area contributed by atoms with Crippen LogP contribution in [0.25, 0.3) is 0 Å². The van der Waals surface area contributed by atoms with Crippen molar-refractivity contribution in [1.29, 1.82) is 0 Å². The maximum atomic E-state index is 13.3. The fraction of sp³-hybridized carbons (Fsp3) is 0.364. The summed E-state index contributed by atoms with van der Waals surface area (Å²) in [5, 5.41) is 9.07. The third-order valence-corrected chi connectivity index (χ3v) is 3.31. The highest BCUT2D eigenvalue weighted by Gasteiger charge is 2.53. The Bertz CT molecular complexity index is 438. The molecule has 0 heterocycles. The van der Waals surface area contributed by atoms with Crippen LogP contribution in [0.15, 0.2) is 12.1 Å². The average molecular weight is 229 g/mol. The van der Waals surface area contributed by atoms with E-state index >= 15 is 0 Å². The number of hydrogen-bond acceptors (Lipinski definition) is 1. The Morgan fingerprint density at radius 3 is 2.60 bits per heavy atom. The van der Waals surface area contributed by atoms with Gasteiger partial charge in [-0.25, -0.2) is 4.39 Å². The van der Waals surface area contributed by atoms with Crippen LogP contribution < -0.4 is 0 Å². The summed E-state index contributed by atoms with van der Waals surface area (Å²) in [7, 11) is 0. The summed E-state index contributed by atoms with van der Waals surface area (Å²) in [6.45, 7) is 1.75. The SMILES string of the molecule is Cc1ccc(F)c(Cl)c1C1(C(=O)O)CC1. The molecule has 15 heavy (non-hydrogen) atoms. The third-order valence-electron chi connectivity index (χ3n) is 2.94. The molecule has 0 spiro atoms. The Hall–Kier alpha value is -1.09. The van der Waals surface area contributed by atoms with Gasteiger partial charge in [-0.2, -0.15) is 0 Å². The van der Waals surface area contributed by atoms with Gasteiger partial charge in [0.15, 0.2) is 0 Å². The number of halogens is 2. The van der Waals surface area contributed by atoms with Gasteiger partial charge in [0.05, 0.1) is 10.4 Å². The molecule has 1 aliphatic carbocycles. The number of hydrogen-bond donors (Lipinski definition) is 1. The van der Waals surface area contributed by atoms with Crippen LogP contribution in [-0.4, -0.2) is 11.1 Å². The first-order valence-corrected chi connectivity index (χ1v) is 5.05. The molecule has 0 saturated heterocycles. The number of carboxylic acids is 1. The van der Waals surface area contributed by atoms with Crippen LogP contribution in [0.4, 0.5) is 4.39 Å². The van der Waals surface area contributed by atoms with Crippen molar-refractivity contribution in [3.63, 3.8) is 0 Å². The maximum Gasteiger partial charge on any atom is 0.314 e. The van der Waals surface area contributed by atoms with Gasteiger partial charge < -0.3 is 5.11 Å². The number of rotatable bonds is 2. The molecule has 1 aromatic carbocycles. The zero-order valence-electron chi connectivity index (χ0n) is 8.18. The molecule has 1 fully saturated rings. The monoisotopic (exact) mass is 228 g/mol. The van der Waals surface area contributed by atoms with Crippen molar-refractivity contribution in [1.82, 2.24) is 0 Å². The number of benzene rings is 1. The summed E-state index contributed by atoms with van der Waals surface area (Å²) in [6, 6.07) is 2.83. The summed E-state index contributed by atoms with van der Waals surface area (Å²) in [6.07, 6.45) is 1.07. The van der Waals surface area contributed by atoms with Crippen molar-refractivity contribution in [3.8, 4) is 0 Å². The van der Waals surface area contributed by atoms with Crippen LogP contribution in [0.1, 0.15) is 24.0 Å². The van der Waals surface area contributed by atoms with E-state index in [0.29, 0.717) is 18.4 Å². The quantitative estimate of drug-likeness (QED) is 0.845. The van der Waals surface area contributed by atoms with Crippen molar-refractivity contribution in [2.75, 3.05) is 0 Å². The van der Waals surface area contributed by atoms with E-state index in [2.05, 4.69) is 0 Å². The second-order valence-electron chi connectivity index (χ2n) is 3.94. The van der Waals surface area contributed by atoms with Crippen molar-refractivity contribution in [3.05, 3.63) is 34.1 Å². The molecule has 1 N–H and O–H groups in total. The zero-order chi connectivity index (χ0) is 11.2. The lowest BCUT2D eigenvalue weighted by Crippen LogP contribution is -2.21. The summed E-state index contributed by atoms with van der Waals surface area (Å²) in [5.41, 5.74) is 0.237. The van der Waals surface area contributed by atoms with Crippen LogP contribution >= 0.6 is 11.6 Å². The third kappa shape index (κ3) is 1.42. The highest BCUT2D eigenvalue weighted by Crippen LogP contribution is 2.52. The van der Waals surface area contributed by atoms with Gasteiger partial charge >= 0.3 is 5.97 Å². The molecule has 2 nitrogen and oxygen atoms in total. The van der Waals surface area contributed by atoms with Gasteiger partial charge in [0, 0.05) is 0 Å². The summed E-state index contributed by atoms with van der Waals surface area (Å²) >= 11 is 5.83. The average Bonchev–Trinajstić information content (AvgIpc) is 2.93. The second-order valence-corrected chi connectivity index (χ2v) is 4.32. The zero-order valence-corrected chi connectivity index (χ0v) is 8.94. The van der Waals surface area contributed by atoms with Crippen molar-refractivity contribution in [2.45, 2.75) is 25.2 Å². The van der Waals surface area contributed by atoms with Gasteiger partial charge in [-0.1, -0.05) is 17.7 Å². The van der Waals surface area contributed by atoms with E-state index in [4.69, 9.17) is 16.7 Å². The largest absolute Gasteiger partial charge is 0.481 e. The lowest BCUT2D eigenvalue weighted by Gasteiger charge is -2.15. The van der Waals surface area contributed by atoms with E-state index in [-0.39, 0.29) is 5.02 Å². The molecule has 0 aliphatic heterocycles. The highest BCUT2D eigenvalue weighted by molar-refractivity contribution is 6.32. The van der Waals surface area contributed by atoms with Gasteiger partial charge in [0.2, 0.25) is 0 Å². The van der Waals surface area contributed by atoms with Crippen molar-refractivity contribution < 1.29 is 14.3 Å². The van der Waals surface area contributed by atoms with Gasteiger partial charge in [0.25, 0.3) is 0 Å². The van der Waals surface area contributed by atoms with Crippen LogP contribution in [0.5, 0.6) is 0 Å². The molecule has 0 radical (unpaired) electrons. The van der Waals surface area contributed by atoms with Crippen LogP contribution in [-0.2, 0) is 10.2 Å². The molecule has 4 heteroatoms. The van der Waals surface area contributed by atoms with E-state index in [1.165, 1.54) is 6.07 Å². The molecule has 80 valence electrons. The number of carboxylic acid groups (broad SMARTS) is 1. The second kappa shape index (κ2) is 3.20. The fourth-order valence-electron chi connectivity index (χ4n) is 1.93. The topological polar surface area (TPSA) is 37.3 Å².